The van der Waals surface area contributed by atoms with Crippen molar-refractivity contribution in [2.24, 2.45) is 0 Å². The Labute approximate surface area is 169 Å². The summed E-state index contributed by atoms with van der Waals surface area (Å²) in [6.45, 7) is 1.38. The Morgan fingerprint density at radius 1 is 0.897 bits per heavy atom. The summed E-state index contributed by atoms with van der Waals surface area (Å²) >= 11 is 0. The number of ether oxygens (including phenoxy) is 2. The second-order valence-electron chi connectivity index (χ2n) is 6.09. The Bertz CT molecular complexity index is 1110. The molecule has 29 heavy (non-hydrogen) atoms. The molecule has 0 atom stereocenters. The van der Waals surface area contributed by atoms with Gasteiger partial charge in [0.05, 0.1) is 17.7 Å². The molecule has 0 radical (unpaired) electrons. The SMILES string of the molecule is COc1cccc(Oc2ccccc2NS(=O)(=O)c2ccc(NC(C)=O)cc2)c1. The maximum atomic E-state index is 12.8. The third-order valence-electron chi connectivity index (χ3n) is 3.89. The Hall–Kier alpha value is -3.52. The van der Waals surface area contributed by atoms with Gasteiger partial charge in [-0.1, -0.05) is 18.2 Å². The van der Waals surface area contributed by atoms with E-state index in [1.807, 2.05) is 0 Å². The Balaban J connectivity index is 1.83. The van der Waals surface area contributed by atoms with Crippen molar-refractivity contribution in [3.8, 4) is 17.2 Å². The molecule has 0 bridgehead atoms. The first-order valence-electron chi connectivity index (χ1n) is 8.69. The van der Waals surface area contributed by atoms with Crippen LogP contribution in [0.25, 0.3) is 0 Å². The molecule has 8 heteroatoms. The average Bonchev–Trinajstić information content (AvgIpc) is 2.69. The second kappa shape index (κ2) is 8.66. The van der Waals surface area contributed by atoms with Gasteiger partial charge in [0, 0.05) is 18.7 Å². The van der Waals surface area contributed by atoms with Crippen LogP contribution in [0.1, 0.15) is 6.92 Å². The minimum atomic E-state index is -3.85. The highest BCUT2D eigenvalue weighted by Gasteiger charge is 2.17. The first kappa shape index (κ1) is 20.2. The van der Waals surface area contributed by atoms with Gasteiger partial charge in [-0.2, -0.15) is 0 Å². The molecule has 0 aliphatic heterocycles. The van der Waals surface area contributed by atoms with Gasteiger partial charge in [-0.05, 0) is 48.5 Å². The van der Waals surface area contributed by atoms with E-state index in [1.165, 1.54) is 31.2 Å². The van der Waals surface area contributed by atoms with E-state index in [1.54, 1.807) is 55.6 Å². The van der Waals surface area contributed by atoms with Crippen molar-refractivity contribution < 1.29 is 22.7 Å². The summed E-state index contributed by atoms with van der Waals surface area (Å²) < 4.78 is 39.1. The van der Waals surface area contributed by atoms with Crippen LogP contribution >= 0.6 is 0 Å². The molecule has 3 rings (SSSR count). The molecule has 0 saturated carbocycles. The minimum absolute atomic E-state index is 0.0581. The standard InChI is InChI=1S/C21H20N2O5S/c1-15(24)22-16-10-12-19(13-11-16)29(25,26)23-20-8-3-4-9-21(20)28-18-7-5-6-17(14-18)27-2/h3-14,23H,1-2H3,(H,22,24). The number of para-hydroxylation sites is 2. The number of carbonyl (C=O) groups excluding carboxylic acids is 1. The Kier molecular flexibility index (Phi) is 6.04. The zero-order chi connectivity index (χ0) is 20.9. The lowest BCUT2D eigenvalue weighted by Gasteiger charge is -2.14. The van der Waals surface area contributed by atoms with Crippen molar-refractivity contribution in [3.63, 3.8) is 0 Å². The fraction of sp³-hybridized carbons (Fsp3) is 0.0952. The molecule has 0 unspecified atom stereocenters. The molecule has 2 N–H and O–H groups in total. The number of benzene rings is 3. The lowest BCUT2D eigenvalue weighted by atomic mass is 10.3. The average molecular weight is 412 g/mol. The van der Waals surface area contributed by atoms with Crippen molar-refractivity contribution >= 4 is 27.3 Å². The van der Waals surface area contributed by atoms with Gasteiger partial charge in [-0.15, -0.1) is 0 Å². The number of methoxy groups -OCH3 is 1. The van der Waals surface area contributed by atoms with Gasteiger partial charge in [0.25, 0.3) is 10.0 Å². The number of sulfonamides is 1. The van der Waals surface area contributed by atoms with Gasteiger partial charge in [0.1, 0.15) is 11.5 Å². The lowest BCUT2D eigenvalue weighted by Crippen LogP contribution is -2.14. The quantitative estimate of drug-likeness (QED) is 0.605. The van der Waals surface area contributed by atoms with Crippen molar-refractivity contribution in [2.45, 2.75) is 11.8 Å². The van der Waals surface area contributed by atoms with Crippen LogP contribution in [0.4, 0.5) is 11.4 Å². The smallest absolute Gasteiger partial charge is 0.262 e. The molecule has 0 aromatic heterocycles. The lowest BCUT2D eigenvalue weighted by molar-refractivity contribution is -0.114. The van der Waals surface area contributed by atoms with Gasteiger partial charge in [0.2, 0.25) is 5.91 Å². The summed E-state index contributed by atoms with van der Waals surface area (Å²) in [6, 6.07) is 19.6. The fourth-order valence-electron chi connectivity index (χ4n) is 2.56. The van der Waals surface area contributed by atoms with Crippen LogP contribution < -0.4 is 19.5 Å². The number of anilines is 2. The zero-order valence-electron chi connectivity index (χ0n) is 15.9. The number of hydrogen-bond acceptors (Lipinski definition) is 5. The van der Waals surface area contributed by atoms with Gasteiger partial charge in [0.15, 0.2) is 5.75 Å². The van der Waals surface area contributed by atoms with E-state index in [2.05, 4.69) is 10.0 Å². The van der Waals surface area contributed by atoms with E-state index in [0.29, 0.717) is 28.6 Å². The maximum Gasteiger partial charge on any atom is 0.262 e. The van der Waals surface area contributed by atoms with Crippen LogP contribution in [-0.2, 0) is 14.8 Å². The van der Waals surface area contributed by atoms with E-state index in [-0.39, 0.29) is 10.8 Å². The fourth-order valence-corrected chi connectivity index (χ4v) is 3.63. The molecule has 0 aliphatic carbocycles. The molecule has 7 nitrogen and oxygen atoms in total. The summed E-state index contributed by atoms with van der Waals surface area (Å²) in [5.41, 5.74) is 0.805. The number of carbonyl (C=O) groups is 1. The molecule has 3 aromatic carbocycles. The third-order valence-corrected chi connectivity index (χ3v) is 5.27. The van der Waals surface area contributed by atoms with E-state index in [0.717, 1.165) is 0 Å². The second-order valence-corrected chi connectivity index (χ2v) is 7.77. The normalized spacial score (nSPS) is 10.8. The van der Waals surface area contributed by atoms with Gasteiger partial charge < -0.3 is 14.8 Å². The van der Waals surface area contributed by atoms with Crippen molar-refractivity contribution in [1.82, 2.24) is 0 Å². The number of amides is 1. The number of hydrogen-bond donors (Lipinski definition) is 2. The van der Waals surface area contributed by atoms with Crippen molar-refractivity contribution in [3.05, 3.63) is 72.8 Å². The number of nitrogens with one attached hydrogen (secondary N) is 2. The first-order chi connectivity index (χ1) is 13.9. The number of rotatable bonds is 7. The summed E-state index contributed by atoms with van der Waals surface area (Å²) in [6.07, 6.45) is 0. The first-order valence-corrected chi connectivity index (χ1v) is 10.2. The largest absolute Gasteiger partial charge is 0.497 e. The van der Waals surface area contributed by atoms with E-state index >= 15 is 0 Å². The molecule has 1 amide bonds. The highest BCUT2D eigenvalue weighted by Crippen LogP contribution is 2.32. The van der Waals surface area contributed by atoms with Gasteiger partial charge >= 0.3 is 0 Å². The summed E-state index contributed by atoms with van der Waals surface area (Å²) in [5.74, 6) is 1.25. The van der Waals surface area contributed by atoms with Crippen LogP contribution in [-0.4, -0.2) is 21.4 Å². The topological polar surface area (TPSA) is 93.7 Å². The van der Waals surface area contributed by atoms with Crippen LogP contribution in [0.5, 0.6) is 17.2 Å². The highest BCUT2D eigenvalue weighted by atomic mass is 32.2. The van der Waals surface area contributed by atoms with E-state index < -0.39 is 10.0 Å². The predicted octanol–water partition coefficient (Wildman–Crippen LogP) is 4.25. The molecule has 0 spiro atoms. The van der Waals surface area contributed by atoms with Crippen LogP contribution in [0, 0.1) is 0 Å². The molecular weight excluding hydrogens is 392 g/mol. The van der Waals surface area contributed by atoms with Crippen molar-refractivity contribution in [2.75, 3.05) is 17.1 Å². The van der Waals surface area contributed by atoms with Crippen LogP contribution in [0.3, 0.4) is 0 Å². The summed E-state index contributed by atoms with van der Waals surface area (Å²) in [7, 11) is -2.30. The monoisotopic (exact) mass is 412 g/mol. The molecule has 0 fully saturated rings. The summed E-state index contributed by atoms with van der Waals surface area (Å²) in [4.78, 5) is 11.2. The molecule has 0 heterocycles. The zero-order valence-corrected chi connectivity index (χ0v) is 16.7. The summed E-state index contributed by atoms with van der Waals surface area (Å²) in [5, 5.41) is 2.59. The third kappa shape index (κ3) is 5.26. The maximum absolute atomic E-state index is 12.8. The molecule has 3 aromatic rings. The van der Waals surface area contributed by atoms with E-state index in [9.17, 15) is 13.2 Å². The van der Waals surface area contributed by atoms with Gasteiger partial charge in [-0.3, -0.25) is 9.52 Å². The highest BCUT2D eigenvalue weighted by molar-refractivity contribution is 7.92. The van der Waals surface area contributed by atoms with Crippen LogP contribution in [0.2, 0.25) is 0 Å². The molecule has 150 valence electrons. The predicted molar refractivity (Wildman–Crippen MR) is 111 cm³/mol. The van der Waals surface area contributed by atoms with E-state index in [4.69, 9.17) is 9.47 Å². The Morgan fingerprint density at radius 3 is 2.28 bits per heavy atom. The Morgan fingerprint density at radius 2 is 1.59 bits per heavy atom. The molecule has 0 aliphatic rings. The van der Waals surface area contributed by atoms with Gasteiger partial charge in [-0.25, -0.2) is 8.42 Å². The molecular formula is C21H20N2O5S. The minimum Gasteiger partial charge on any atom is -0.497 e. The van der Waals surface area contributed by atoms with Crippen molar-refractivity contribution in [1.29, 1.82) is 0 Å². The molecule has 0 saturated heterocycles. The van der Waals surface area contributed by atoms with Crippen LogP contribution in [0.15, 0.2) is 77.7 Å².